The van der Waals surface area contributed by atoms with Gasteiger partial charge < -0.3 is 5.32 Å². The van der Waals surface area contributed by atoms with Crippen molar-refractivity contribution in [3.05, 3.63) is 77.6 Å². The van der Waals surface area contributed by atoms with E-state index in [-0.39, 0.29) is 12.5 Å². The van der Waals surface area contributed by atoms with Crippen LogP contribution in [0.1, 0.15) is 46.3 Å². The molecule has 1 fully saturated rings. The van der Waals surface area contributed by atoms with E-state index < -0.39 is 0 Å². The van der Waals surface area contributed by atoms with Crippen molar-refractivity contribution in [2.45, 2.75) is 32.2 Å². The number of nitrogens with one attached hydrogen (secondary N) is 1. The highest BCUT2D eigenvalue weighted by Gasteiger charge is 2.29. The van der Waals surface area contributed by atoms with Gasteiger partial charge >= 0.3 is 0 Å². The van der Waals surface area contributed by atoms with E-state index in [2.05, 4.69) is 25.6 Å². The number of hydrogen-bond donors (Lipinski definition) is 1. The topological polar surface area (TPSA) is 103 Å². The van der Waals surface area contributed by atoms with E-state index in [0.717, 1.165) is 35.3 Å². The summed E-state index contributed by atoms with van der Waals surface area (Å²) in [5.74, 6) is 1.55. The van der Waals surface area contributed by atoms with E-state index >= 15 is 0 Å². The molecule has 9 nitrogen and oxygen atoms in total. The first kappa shape index (κ1) is 18.6. The average molecular weight is 424 g/mol. The number of fused-ring (bicyclic) bond motifs is 2. The van der Waals surface area contributed by atoms with Gasteiger partial charge in [-0.1, -0.05) is 12.1 Å². The van der Waals surface area contributed by atoms with Crippen molar-refractivity contribution in [2.24, 2.45) is 0 Å². The molecule has 1 amide bonds. The van der Waals surface area contributed by atoms with E-state index in [9.17, 15) is 4.79 Å². The molecule has 1 N–H and O–H groups in total. The SMILES string of the molecule is Cc1nn(-c2ccccn2)c2nc(C3CC3)cc(C(=O)NCc3nnc4ccccn34)c12. The molecule has 0 aliphatic heterocycles. The van der Waals surface area contributed by atoms with Gasteiger partial charge in [-0.15, -0.1) is 10.2 Å². The van der Waals surface area contributed by atoms with Gasteiger partial charge in [-0.2, -0.15) is 9.78 Å². The fourth-order valence-corrected chi connectivity index (χ4v) is 3.98. The zero-order valence-electron chi connectivity index (χ0n) is 17.4. The molecule has 5 heterocycles. The van der Waals surface area contributed by atoms with Gasteiger partial charge in [0, 0.05) is 24.0 Å². The Kier molecular flexibility index (Phi) is 4.20. The Morgan fingerprint density at radius 3 is 2.84 bits per heavy atom. The van der Waals surface area contributed by atoms with Crippen LogP contribution in [-0.2, 0) is 6.54 Å². The fraction of sp³-hybridized carbons (Fsp3) is 0.217. The number of hydrogen-bond acceptors (Lipinski definition) is 6. The van der Waals surface area contributed by atoms with Gasteiger partial charge in [0.25, 0.3) is 5.91 Å². The summed E-state index contributed by atoms with van der Waals surface area (Å²) in [4.78, 5) is 22.6. The largest absolute Gasteiger partial charge is 0.345 e. The van der Waals surface area contributed by atoms with Crippen molar-refractivity contribution in [1.29, 1.82) is 0 Å². The molecule has 0 aromatic carbocycles. The van der Waals surface area contributed by atoms with Gasteiger partial charge in [-0.25, -0.2) is 9.97 Å². The number of nitrogens with zero attached hydrogens (tertiary/aromatic N) is 7. The molecule has 6 rings (SSSR count). The summed E-state index contributed by atoms with van der Waals surface area (Å²) >= 11 is 0. The molecule has 158 valence electrons. The van der Waals surface area contributed by atoms with Crippen LogP contribution in [0, 0.1) is 6.92 Å². The fourth-order valence-electron chi connectivity index (χ4n) is 3.98. The molecule has 0 radical (unpaired) electrons. The minimum atomic E-state index is -0.185. The number of aryl methyl sites for hydroxylation is 1. The first-order chi connectivity index (χ1) is 15.7. The van der Waals surface area contributed by atoms with Gasteiger partial charge in [-0.05, 0) is 50.1 Å². The highest BCUT2D eigenvalue weighted by molar-refractivity contribution is 6.06. The third kappa shape index (κ3) is 3.09. The molecule has 0 atom stereocenters. The third-order valence-electron chi connectivity index (χ3n) is 5.73. The van der Waals surface area contributed by atoms with Gasteiger partial charge in [0.2, 0.25) is 0 Å². The van der Waals surface area contributed by atoms with Crippen LogP contribution in [0.25, 0.3) is 22.5 Å². The average Bonchev–Trinajstić information content (AvgIpc) is 3.52. The maximum Gasteiger partial charge on any atom is 0.252 e. The monoisotopic (exact) mass is 424 g/mol. The second-order valence-electron chi connectivity index (χ2n) is 7.98. The molecule has 0 spiro atoms. The quantitative estimate of drug-likeness (QED) is 0.465. The summed E-state index contributed by atoms with van der Waals surface area (Å²) in [6.45, 7) is 2.16. The lowest BCUT2D eigenvalue weighted by molar-refractivity contribution is 0.0951. The Bertz CT molecular complexity index is 1470. The van der Waals surface area contributed by atoms with Crippen LogP contribution in [0.3, 0.4) is 0 Å². The molecular formula is C23H20N8O. The van der Waals surface area contributed by atoms with Crippen molar-refractivity contribution in [3.8, 4) is 5.82 Å². The predicted molar refractivity (Wildman–Crippen MR) is 118 cm³/mol. The first-order valence-electron chi connectivity index (χ1n) is 10.6. The van der Waals surface area contributed by atoms with Gasteiger partial charge in [0.15, 0.2) is 22.9 Å². The van der Waals surface area contributed by atoms with Gasteiger partial charge in [-0.3, -0.25) is 9.20 Å². The molecule has 0 bridgehead atoms. The second kappa shape index (κ2) is 7.23. The van der Waals surface area contributed by atoms with Crippen LogP contribution in [-0.4, -0.2) is 40.3 Å². The van der Waals surface area contributed by atoms with Crippen LogP contribution in [0.5, 0.6) is 0 Å². The lowest BCUT2D eigenvalue weighted by Gasteiger charge is -2.09. The summed E-state index contributed by atoms with van der Waals surface area (Å²) in [6.07, 6.45) is 5.77. The summed E-state index contributed by atoms with van der Waals surface area (Å²) in [5.41, 5.74) is 3.63. The lowest BCUT2D eigenvalue weighted by atomic mass is 10.1. The Morgan fingerprint density at radius 2 is 2.03 bits per heavy atom. The number of pyridine rings is 3. The number of rotatable bonds is 5. The minimum absolute atomic E-state index is 0.185. The maximum atomic E-state index is 13.3. The Morgan fingerprint density at radius 1 is 1.16 bits per heavy atom. The summed E-state index contributed by atoms with van der Waals surface area (Å²) in [7, 11) is 0. The first-order valence-corrected chi connectivity index (χ1v) is 10.6. The molecule has 9 heteroatoms. The van der Waals surface area contributed by atoms with Crippen LogP contribution in [0.4, 0.5) is 0 Å². The Labute approximate surface area is 183 Å². The zero-order valence-corrected chi connectivity index (χ0v) is 17.4. The Hall–Kier alpha value is -4.14. The number of amides is 1. The molecule has 0 saturated heterocycles. The molecule has 1 aliphatic rings. The summed E-state index contributed by atoms with van der Waals surface area (Å²) in [6, 6.07) is 13.3. The van der Waals surface area contributed by atoms with Crippen molar-refractivity contribution in [3.63, 3.8) is 0 Å². The standard InChI is InChI=1S/C23H20N8O/c1-14-21-16(23(32)25-13-20-28-27-19-7-3-5-11-30(19)20)12-17(15-8-9-15)26-22(21)31(29-14)18-6-2-4-10-24-18/h2-7,10-12,15H,8-9,13H2,1H3,(H,25,32). The molecule has 5 aromatic rings. The lowest BCUT2D eigenvalue weighted by Crippen LogP contribution is -2.24. The molecule has 32 heavy (non-hydrogen) atoms. The number of carbonyl (C=O) groups excluding carboxylic acids is 1. The van der Waals surface area contributed by atoms with E-state index in [0.29, 0.717) is 28.8 Å². The van der Waals surface area contributed by atoms with Crippen molar-refractivity contribution in [1.82, 2.24) is 39.7 Å². The van der Waals surface area contributed by atoms with Crippen LogP contribution >= 0.6 is 0 Å². The zero-order chi connectivity index (χ0) is 21.7. The van der Waals surface area contributed by atoms with Crippen molar-refractivity contribution in [2.75, 3.05) is 0 Å². The molecule has 1 aliphatic carbocycles. The van der Waals surface area contributed by atoms with E-state index in [1.165, 1.54) is 0 Å². The Balaban J connectivity index is 1.41. The van der Waals surface area contributed by atoms with Crippen molar-refractivity contribution < 1.29 is 4.79 Å². The minimum Gasteiger partial charge on any atom is -0.345 e. The number of aromatic nitrogens is 7. The van der Waals surface area contributed by atoms with E-state index in [1.54, 1.807) is 10.9 Å². The van der Waals surface area contributed by atoms with Crippen LogP contribution in [0.2, 0.25) is 0 Å². The highest BCUT2D eigenvalue weighted by atomic mass is 16.1. The molecule has 5 aromatic heterocycles. The molecular weight excluding hydrogens is 404 g/mol. The van der Waals surface area contributed by atoms with Crippen LogP contribution in [0.15, 0.2) is 54.9 Å². The maximum absolute atomic E-state index is 13.3. The second-order valence-corrected chi connectivity index (χ2v) is 7.98. The van der Waals surface area contributed by atoms with E-state index in [1.807, 2.05) is 60.0 Å². The van der Waals surface area contributed by atoms with Crippen molar-refractivity contribution >= 4 is 22.6 Å². The summed E-state index contributed by atoms with van der Waals surface area (Å²) < 4.78 is 3.59. The predicted octanol–water partition coefficient (Wildman–Crippen LogP) is 2.97. The van der Waals surface area contributed by atoms with Gasteiger partial charge in [0.1, 0.15) is 0 Å². The van der Waals surface area contributed by atoms with Crippen LogP contribution < -0.4 is 5.32 Å². The number of carbonyl (C=O) groups is 1. The summed E-state index contributed by atoms with van der Waals surface area (Å²) in [5, 5.41) is 16.8. The molecule has 0 unspecified atom stereocenters. The third-order valence-corrected chi connectivity index (χ3v) is 5.73. The van der Waals surface area contributed by atoms with E-state index in [4.69, 9.17) is 4.98 Å². The highest BCUT2D eigenvalue weighted by Crippen LogP contribution is 2.40. The van der Waals surface area contributed by atoms with Gasteiger partial charge in [0.05, 0.1) is 23.2 Å². The smallest absolute Gasteiger partial charge is 0.252 e. The molecule has 1 saturated carbocycles. The normalized spacial score (nSPS) is 13.7.